The maximum Gasteiger partial charge on any atom is 0.187 e. The summed E-state index contributed by atoms with van der Waals surface area (Å²) in [5, 5.41) is 130. The molecule has 5 heterocycles. The summed E-state index contributed by atoms with van der Waals surface area (Å²) in [4.78, 5) is 14.7. The van der Waals surface area contributed by atoms with Crippen LogP contribution < -0.4 is 0 Å². The molecule has 10 fully saturated rings. The van der Waals surface area contributed by atoms with Crippen molar-refractivity contribution in [3.05, 3.63) is 0 Å². The molecule has 0 aromatic rings. The molecule has 22 nitrogen and oxygen atoms in total. The number of aliphatic hydroxyl groups excluding tert-OH is 12. The lowest BCUT2D eigenvalue weighted by Crippen LogP contribution is -2.73. The molecule has 12 N–H and O–H groups in total. The Morgan fingerprint density at radius 2 is 1.19 bits per heavy atom. The summed E-state index contributed by atoms with van der Waals surface area (Å²) in [6.45, 7) is 11.4. The molecule has 5 saturated carbocycles. The van der Waals surface area contributed by atoms with Crippen molar-refractivity contribution in [2.24, 2.45) is 50.2 Å². The number of rotatable bonds is 11. The van der Waals surface area contributed by atoms with Crippen molar-refractivity contribution in [2.75, 3.05) is 39.6 Å². The van der Waals surface area contributed by atoms with E-state index in [0.717, 1.165) is 44.9 Å². The number of carbonyl (C=O) groups is 1. The second-order valence-corrected chi connectivity index (χ2v) is 25.8. The molecule has 22 heteroatoms. The van der Waals surface area contributed by atoms with Gasteiger partial charge in [-0.2, -0.15) is 0 Å². The summed E-state index contributed by atoms with van der Waals surface area (Å²) in [7, 11) is 0. The van der Waals surface area contributed by atoms with Gasteiger partial charge in [0.2, 0.25) is 0 Å². The highest BCUT2D eigenvalue weighted by Crippen LogP contribution is 2.80. The lowest BCUT2D eigenvalue weighted by Gasteiger charge is -2.74. The van der Waals surface area contributed by atoms with E-state index in [4.69, 9.17) is 42.6 Å². The maximum atomic E-state index is 14.7. The number of hydrogen-bond donors (Lipinski definition) is 12. The van der Waals surface area contributed by atoms with Gasteiger partial charge in [-0.15, -0.1) is 0 Å². The fourth-order valence-electron chi connectivity index (χ4n) is 17.2. The van der Waals surface area contributed by atoms with E-state index in [-0.39, 0.29) is 40.6 Å². The Morgan fingerprint density at radius 1 is 0.568 bits per heavy atom. The highest BCUT2D eigenvalue weighted by Gasteiger charge is 2.80. The van der Waals surface area contributed by atoms with Crippen LogP contribution in [-0.4, -0.2) is 229 Å². The molecule has 0 radical (unpaired) electrons. The Hall–Kier alpha value is -1.17. The van der Waals surface area contributed by atoms with E-state index in [1.807, 2.05) is 6.92 Å². The van der Waals surface area contributed by atoms with E-state index in [9.17, 15) is 66.1 Å². The van der Waals surface area contributed by atoms with Crippen molar-refractivity contribution in [2.45, 2.75) is 228 Å². The van der Waals surface area contributed by atoms with Crippen LogP contribution in [0.15, 0.2) is 0 Å². The molecule has 0 aromatic heterocycles. The number of aliphatic hydroxyl groups is 12. The van der Waals surface area contributed by atoms with Crippen molar-refractivity contribution in [1.29, 1.82) is 0 Å². The van der Waals surface area contributed by atoms with Crippen LogP contribution in [0.3, 0.4) is 0 Å². The van der Waals surface area contributed by atoms with E-state index in [1.54, 1.807) is 0 Å². The number of hydrogen-bond acceptors (Lipinski definition) is 22. The summed E-state index contributed by atoms with van der Waals surface area (Å²) < 4.78 is 55.7. The second-order valence-electron chi connectivity index (χ2n) is 25.8. The maximum absolute atomic E-state index is 14.7. The minimum atomic E-state index is -1.92. The van der Waals surface area contributed by atoms with Gasteiger partial charge in [0.25, 0.3) is 0 Å². The minimum Gasteiger partial charge on any atom is -0.396 e. The molecular formula is C52H84O22. The van der Waals surface area contributed by atoms with Gasteiger partial charge < -0.3 is 104 Å². The molecule has 0 aromatic carbocycles. The Labute approximate surface area is 431 Å². The first-order chi connectivity index (χ1) is 34.8. The zero-order valence-corrected chi connectivity index (χ0v) is 43.5. The zero-order chi connectivity index (χ0) is 53.5. The molecule has 10 aliphatic rings. The smallest absolute Gasteiger partial charge is 0.187 e. The first-order valence-corrected chi connectivity index (χ1v) is 27.1. The molecular weight excluding hydrogens is 977 g/mol. The molecule has 5 saturated heterocycles. The number of ether oxygens (including phenoxy) is 9. The first kappa shape index (κ1) is 56.1. The van der Waals surface area contributed by atoms with Crippen LogP contribution in [0.2, 0.25) is 0 Å². The summed E-state index contributed by atoms with van der Waals surface area (Å²) in [5.74, 6) is 0.601. The summed E-state index contributed by atoms with van der Waals surface area (Å²) in [6.07, 6.45) is -23.4. The van der Waals surface area contributed by atoms with Gasteiger partial charge in [0.15, 0.2) is 25.2 Å². The van der Waals surface area contributed by atoms with Crippen LogP contribution in [-0.2, 0) is 47.4 Å². The van der Waals surface area contributed by atoms with Gasteiger partial charge >= 0.3 is 0 Å². The van der Waals surface area contributed by atoms with Gasteiger partial charge in [-0.3, -0.25) is 4.79 Å². The lowest BCUT2D eigenvalue weighted by molar-refractivity contribution is -0.393. The van der Waals surface area contributed by atoms with Crippen LogP contribution in [0.4, 0.5) is 0 Å². The van der Waals surface area contributed by atoms with Crippen molar-refractivity contribution < 1.29 is 109 Å². The average Bonchev–Trinajstić information content (AvgIpc) is 3.64. The molecule has 5 aliphatic carbocycles. The predicted molar refractivity (Wildman–Crippen MR) is 251 cm³/mol. The van der Waals surface area contributed by atoms with E-state index < -0.39 is 165 Å². The fraction of sp³-hybridized carbons (Fsp3) is 0.981. The van der Waals surface area contributed by atoms with Crippen LogP contribution in [0.1, 0.15) is 106 Å². The Morgan fingerprint density at radius 3 is 1.88 bits per heavy atom. The number of carbonyl (C=O) groups excluding carboxylic acids is 1. The minimum absolute atomic E-state index is 0.0851. The van der Waals surface area contributed by atoms with Crippen molar-refractivity contribution >= 4 is 5.78 Å². The summed E-state index contributed by atoms with van der Waals surface area (Å²) >= 11 is 0. The van der Waals surface area contributed by atoms with Crippen LogP contribution in [0.25, 0.3) is 0 Å². The Balaban J connectivity index is 0.913. The highest BCUT2D eigenvalue weighted by atomic mass is 16.8. The van der Waals surface area contributed by atoms with Gasteiger partial charge in [0, 0.05) is 23.2 Å². The van der Waals surface area contributed by atoms with Gasteiger partial charge in [0.1, 0.15) is 91.2 Å². The Bertz CT molecular complexity index is 2030. The van der Waals surface area contributed by atoms with Crippen molar-refractivity contribution in [3.63, 3.8) is 0 Å². The normalized spacial score (nSPS) is 57.2. The molecule has 2 bridgehead atoms. The Kier molecular flexibility index (Phi) is 15.0. The number of Topliss-reactive ketones (excluding diaryl/α,β-unsaturated/α-hetero) is 1. The topological polar surface area (TPSA) is 343 Å². The van der Waals surface area contributed by atoms with E-state index in [0.29, 0.717) is 31.7 Å². The highest BCUT2D eigenvalue weighted by molar-refractivity contribution is 5.88. The van der Waals surface area contributed by atoms with E-state index in [2.05, 4.69) is 34.6 Å². The van der Waals surface area contributed by atoms with Gasteiger partial charge in [-0.1, -0.05) is 41.5 Å². The molecule has 0 unspecified atom stereocenters. The predicted octanol–water partition coefficient (Wildman–Crippen LogP) is -1.89. The second kappa shape index (κ2) is 19.8. The van der Waals surface area contributed by atoms with Gasteiger partial charge in [-0.05, 0) is 85.9 Å². The molecule has 10 rings (SSSR count). The van der Waals surface area contributed by atoms with Crippen molar-refractivity contribution in [3.8, 4) is 0 Å². The lowest BCUT2D eigenvalue weighted by atomic mass is 9.30. The quantitative estimate of drug-likeness (QED) is 0.101. The standard InChI is InChI=1S/C52H84O22/c1-46(2)13-14-51-22-68-52(29(51)15-46)12-8-28-47(3)10-9-31(48(4,21-55)27(47)7-11-49(28,5)50(52,6)16-30(51)57)72-44-40(74-43-39(65)36(62)33(59)24(17-53)69-43)35(61)26(20-67-44)71-45-41(37(63)34(60)25(18-54)70-45)73-42-38(64)32(58)23(56)19-66-42/h23-29,31-45,53-56,58-65H,7-22H2,1-6H3/t23-,24-,25-,26+,27-,28-,29-,31+,32+,33-,34-,35+,36+,37+,38-,39-,40-,41-,42+,43+,44+,45+,47+,48+,49-,50+,51-,52+/m1/s1. The first-order valence-electron chi connectivity index (χ1n) is 27.1. The van der Waals surface area contributed by atoms with Gasteiger partial charge in [0.05, 0.1) is 56.8 Å². The third-order valence-corrected chi connectivity index (χ3v) is 21.7. The SMILES string of the molecule is CC1(C)CC[C@]23CO[C@@]4(CC[C@@H]5[C@@]6(C)CC[C@H](O[C@@H]7OC[C@H](O[C@@H]8O[C@H](CO)[C@@H](O)[C@H](O)[C@H]8O[C@@H]8OC[C@@H](O)[C@H](O)[C@H]8O)[C@H](O)[C@H]7O[C@@H]7O[C@H](CO)[C@@H](O)[C@H](O)[C@H]7O)[C@@](C)(CO)[C@@H]6CC[C@@]5(C)[C@]4(C)CC2=O)[C@@H]3C1. The molecule has 0 amide bonds. The monoisotopic (exact) mass is 1060 g/mol. The molecule has 28 atom stereocenters. The largest absolute Gasteiger partial charge is 0.396 e. The third kappa shape index (κ3) is 8.31. The molecule has 424 valence electrons. The summed E-state index contributed by atoms with van der Waals surface area (Å²) in [5.41, 5.74) is -2.63. The van der Waals surface area contributed by atoms with Crippen LogP contribution in [0, 0.1) is 50.2 Å². The fourth-order valence-corrected chi connectivity index (χ4v) is 17.2. The van der Waals surface area contributed by atoms with Crippen LogP contribution in [0.5, 0.6) is 0 Å². The zero-order valence-electron chi connectivity index (χ0n) is 43.5. The molecule has 74 heavy (non-hydrogen) atoms. The van der Waals surface area contributed by atoms with Gasteiger partial charge in [-0.25, -0.2) is 0 Å². The molecule has 1 spiro atoms. The number of ketones is 1. The van der Waals surface area contributed by atoms with E-state index >= 15 is 0 Å². The van der Waals surface area contributed by atoms with Crippen molar-refractivity contribution in [1.82, 2.24) is 0 Å². The molecule has 5 aliphatic heterocycles. The summed E-state index contributed by atoms with van der Waals surface area (Å²) in [6, 6.07) is 0. The number of fused-ring (bicyclic) bond motifs is 4. The third-order valence-electron chi connectivity index (χ3n) is 21.7. The van der Waals surface area contributed by atoms with Crippen LogP contribution >= 0.6 is 0 Å². The average molecular weight is 1060 g/mol. The van der Waals surface area contributed by atoms with E-state index in [1.165, 1.54) is 0 Å².